The quantitative estimate of drug-likeness (QED) is 0.853. The number of hydrogen-bond donors (Lipinski definition) is 1. The Morgan fingerprint density at radius 1 is 1.42 bits per heavy atom. The largest absolute Gasteiger partial charge is 0.313 e. The van der Waals surface area contributed by atoms with Crippen LogP contribution in [0.25, 0.3) is 0 Å². The first-order chi connectivity index (χ1) is 9.19. The van der Waals surface area contributed by atoms with Gasteiger partial charge in [0.2, 0.25) is 0 Å². The Morgan fingerprint density at radius 2 is 2.26 bits per heavy atom. The fourth-order valence-electron chi connectivity index (χ4n) is 2.70. The van der Waals surface area contributed by atoms with E-state index < -0.39 is 0 Å². The summed E-state index contributed by atoms with van der Waals surface area (Å²) in [5, 5.41) is 3.32. The van der Waals surface area contributed by atoms with Crippen molar-refractivity contribution in [1.82, 2.24) is 15.2 Å². The molecule has 3 heteroatoms. The van der Waals surface area contributed by atoms with E-state index in [1.54, 1.807) is 0 Å². The van der Waals surface area contributed by atoms with Gasteiger partial charge in [-0.3, -0.25) is 9.88 Å². The summed E-state index contributed by atoms with van der Waals surface area (Å²) < 4.78 is 0. The van der Waals surface area contributed by atoms with Gasteiger partial charge in [0.25, 0.3) is 0 Å². The van der Waals surface area contributed by atoms with Crippen LogP contribution in [0.5, 0.6) is 0 Å². The van der Waals surface area contributed by atoms with Crippen molar-refractivity contribution in [2.45, 2.75) is 40.3 Å². The fraction of sp³-hybridized carbons (Fsp3) is 0.688. The van der Waals surface area contributed by atoms with Crippen molar-refractivity contribution in [3.05, 3.63) is 29.6 Å². The van der Waals surface area contributed by atoms with Gasteiger partial charge in [-0.25, -0.2) is 0 Å². The minimum Gasteiger partial charge on any atom is -0.313 e. The van der Waals surface area contributed by atoms with Crippen molar-refractivity contribution in [2.24, 2.45) is 11.8 Å². The zero-order valence-electron chi connectivity index (χ0n) is 12.5. The van der Waals surface area contributed by atoms with E-state index in [9.17, 15) is 0 Å². The number of hydrogen-bond acceptors (Lipinski definition) is 3. The van der Waals surface area contributed by atoms with Crippen molar-refractivity contribution in [3.63, 3.8) is 0 Å². The Morgan fingerprint density at radius 3 is 2.84 bits per heavy atom. The van der Waals surface area contributed by atoms with Crippen LogP contribution in [0.4, 0.5) is 0 Å². The lowest BCUT2D eigenvalue weighted by molar-refractivity contribution is 0.294. The average molecular weight is 261 g/mol. The Labute approximate surface area is 117 Å². The first kappa shape index (κ1) is 14.5. The molecule has 0 spiro atoms. The molecule has 1 aliphatic heterocycles. The van der Waals surface area contributed by atoms with Gasteiger partial charge in [0, 0.05) is 25.8 Å². The van der Waals surface area contributed by atoms with Gasteiger partial charge in [-0.1, -0.05) is 26.8 Å². The molecule has 0 aromatic carbocycles. The number of aromatic nitrogens is 1. The van der Waals surface area contributed by atoms with Crippen LogP contribution in [0, 0.1) is 11.8 Å². The second-order valence-electron chi connectivity index (χ2n) is 5.97. The lowest BCUT2D eigenvalue weighted by atomic mass is 9.95. The SMILES string of the molecule is CCNCc1ccc(CN2CCC(C(C)C)C2)nc1. The number of pyridine rings is 1. The third-order valence-corrected chi connectivity index (χ3v) is 4.10. The third kappa shape index (κ3) is 4.29. The number of nitrogens with zero attached hydrogens (tertiary/aromatic N) is 2. The minimum absolute atomic E-state index is 0.806. The highest BCUT2D eigenvalue weighted by Crippen LogP contribution is 2.24. The van der Waals surface area contributed by atoms with Crippen LogP contribution in [-0.2, 0) is 13.1 Å². The van der Waals surface area contributed by atoms with Crippen LogP contribution in [0.15, 0.2) is 18.3 Å². The molecule has 1 aromatic heterocycles. The van der Waals surface area contributed by atoms with Crippen LogP contribution < -0.4 is 5.32 Å². The molecule has 0 amide bonds. The number of likely N-dealkylation sites (tertiary alicyclic amines) is 1. The standard InChI is InChI=1S/C16H27N3/c1-4-17-9-14-5-6-16(18-10-14)12-19-8-7-15(11-19)13(2)3/h5-6,10,13,15,17H,4,7-9,11-12H2,1-3H3. The zero-order valence-corrected chi connectivity index (χ0v) is 12.5. The highest BCUT2D eigenvalue weighted by atomic mass is 15.1. The Kier molecular flexibility index (Phi) is 5.34. The Hall–Kier alpha value is -0.930. The molecular weight excluding hydrogens is 234 g/mol. The monoisotopic (exact) mass is 261 g/mol. The summed E-state index contributed by atoms with van der Waals surface area (Å²) in [5.74, 6) is 1.67. The van der Waals surface area contributed by atoms with Crippen molar-refractivity contribution >= 4 is 0 Å². The molecule has 1 unspecified atom stereocenters. The predicted molar refractivity (Wildman–Crippen MR) is 79.8 cm³/mol. The molecule has 1 fully saturated rings. The van der Waals surface area contributed by atoms with E-state index in [0.29, 0.717) is 0 Å². The van der Waals surface area contributed by atoms with Gasteiger partial charge in [0.05, 0.1) is 5.69 Å². The summed E-state index contributed by atoms with van der Waals surface area (Å²) in [5.41, 5.74) is 2.47. The summed E-state index contributed by atoms with van der Waals surface area (Å²) in [6.45, 7) is 12.2. The van der Waals surface area contributed by atoms with E-state index >= 15 is 0 Å². The van der Waals surface area contributed by atoms with Crippen LogP contribution in [-0.4, -0.2) is 29.5 Å². The second-order valence-corrected chi connectivity index (χ2v) is 5.97. The van der Waals surface area contributed by atoms with Crippen LogP contribution in [0.1, 0.15) is 38.4 Å². The highest BCUT2D eigenvalue weighted by molar-refractivity contribution is 5.14. The molecule has 0 radical (unpaired) electrons. The summed E-state index contributed by atoms with van der Waals surface area (Å²) in [7, 11) is 0. The van der Waals surface area contributed by atoms with E-state index in [-0.39, 0.29) is 0 Å². The summed E-state index contributed by atoms with van der Waals surface area (Å²) in [6.07, 6.45) is 3.35. The highest BCUT2D eigenvalue weighted by Gasteiger charge is 2.24. The summed E-state index contributed by atoms with van der Waals surface area (Å²) >= 11 is 0. The van der Waals surface area contributed by atoms with Gasteiger partial charge in [0.15, 0.2) is 0 Å². The average Bonchev–Trinajstić information content (AvgIpc) is 2.87. The van der Waals surface area contributed by atoms with E-state index in [2.05, 4.69) is 48.1 Å². The summed E-state index contributed by atoms with van der Waals surface area (Å²) in [4.78, 5) is 7.12. The van der Waals surface area contributed by atoms with Crippen LogP contribution >= 0.6 is 0 Å². The van der Waals surface area contributed by atoms with E-state index in [4.69, 9.17) is 0 Å². The molecule has 1 saturated heterocycles. The maximum atomic E-state index is 4.58. The van der Waals surface area contributed by atoms with Gasteiger partial charge < -0.3 is 5.32 Å². The topological polar surface area (TPSA) is 28.2 Å². The molecular formula is C16H27N3. The van der Waals surface area contributed by atoms with Gasteiger partial charge in [-0.05, 0) is 43.0 Å². The zero-order chi connectivity index (χ0) is 13.7. The van der Waals surface area contributed by atoms with Gasteiger partial charge in [-0.2, -0.15) is 0 Å². The maximum absolute atomic E-state index is 4.58. The molecule has 1 aliphatic rings. The van der Waals surface area contributed by atoms with Crippen molar-refractivity contribution in [3.8, 4) is 0 Å². The van der Waals surface area contributed by atoms with Crippen LogP contribution in [0.3, 0.4) is 0 Å². The lowest BCUT2D eigenvalue weighted by Gasteiger charge is -2.17. The van der Waals surface area contributed by atoms with Crippen LogP contribution in [0.2, 0.25) is 0 Å². The second kappa shape index (κ2) is 7.01. The molecule has 3 nitrogen and oxygen atoms in total. The van der Waals surface area contributed by atoms with Gasteiger partial charge in [0.1, 0.15) is 0 Å². The Balaban J connectivity index is 1.83. The summed E-state index contributed by atoms with van der Waals surface area (Å²) in [6, 6.07) is 4.37. The van der Waals surface area contributed by atoms with E-state index in [0.717, 1.165) is 31.5 Å². The first-order valence-corrected chi connectivity index (χ1v) is 7.56. The molecule has 0 aliphatic carbocycles. The molecule has 0 bridgehead atoms. The molecule has 1 N–H and O–H groups in total. The van der Waals surface area contributed by atoms with Gasteiger partial charge >= 0.3 is 0 Å². The minimum atomic E-state index is 0.806. The normalized spacial score (nSPS) is 20.3. The van der Waals surface area contributed by atoms with Crippen molar-refractivity contribution in [1.29, 1.82) is 0 Å². The van der Waals surface area contributed by atoms with Crippen molar-refractivity contribution in [2.75, 3.05) is 19.6 Å². The Bertz CT molecular complexity index is 372. The smallest absolute Gasteiger partial charge is 0.0544 e. The lowest BCUT2D eigenvalue weighted by Crippen LogP contribution is -2.22. The number of nitrogens with one attached hydrogen (secondary N) is 1. The van der Waals surface area contributed by atoms with E-state index in [1.807, 2.05) is 6.20 Å². The maximum Gasteiger partial charge on any atom is 0.0544 e. The fourth-order valence-corrected chi connectivity index (χ4v) is 2.70. The van der Waals surface area contributed by atoms with Crippen molar-refractivity contribution < 1.29 is 0 Å². The first-order valence-electron chi connectivity index (χ1n) is 7.56. The van der Waals surface area contributed by atoms with E-state index in [1.165, 1.54) is 30.8 Å². The predicted octanol–water partition coefficient (Wildman–Crippen LogP) is 2.67. The number of rotatable bonds is 6. The molecule has 106 valence electrons. The molecule has 2 heterocycles. The molecule has 1 atom stereocenters. The molecule has 2 rings (SSSR count). The molecule has 1 aromatic rings. The molecule has 19 heavy (non-hydrogen) atoms. The van der Waals surface area contributed by atoms with Gasteiger partial charge in [-0.15, -0.1) is 0 Å². The third-order valence-electron chi connectivity index (χ3n) is 4.10. The molecule has 0 saturated carbocycles.